The molecule has 0 bridgehead atoms. The molecule has 5 rings (SSSR count). The van der Waals surface area contributed by atoms with Crippen molar-refractivity contribution in [2.24, 2.45) is 0 Å². The second kappa shape index (κ2) is 10.1. The van der Waals surface area contributed by atoms with E-state index in [9.17, 15) is 14.7 Å². The first-order chi connectivity index (χ1) is 18.3. The molecule has 0 spiro atoms. The molecule has 4 aromatic rings. The van der Waals surface area contributed by atoms with Crippen LogP contribution in [0.3, 0.4) is 0 Å². The van der Waals surface area contributed by atoms with E-state index in [0.29, 0.717) is 41.5 Å². The number of carbonyl (C=O) groups excluding carboxylic acids is 2. The number of aromatic nitrogens is 2. The first kappa shape index (κ1) is 25.2. The third kappa shape index (κ3) is 4.54. The van der Waals surface area contributed by atoms with Crippen LogP contribution in [0.2, 0.25) is 0 Å². The number of imidazole rings is 1. The smallest absolute Gasteiger partial charge is 0.295 e. The van der Waals surface area contributed by atoms with Gasteiger partial charge in [-0.3, -0.25) is 9.59 Å². The zero-order valence-corrected chi connectivity index (χ0v) is 21.9. The molecule has 0 aliphatic carbocycles. The molecule has 194 valence electrons. The van der Waals surface area contributed by atoms with Gasteiger partial charge in [-0.1, -0.05) is 36.4 Å². The van der Waals surface area contributed by atoms with E-state index in [0.717, 1.165) is 5.56 Å². The van der Waals surface area contributed by atoms with Crippen molar-refractivity contribution < 1.29 is 19.4 Å². The topological polar surface area (TPSA) is 87.4 Å². The maximum absolute atomic E-state index is 13.4. The summed E-state index contributed by atoms with van der Waals surface area (Å²) in [4.78, 5) is 34.9. The predicted octanol–water partition coefficient (Wildman–Crippen LogP) is 4.73. The van der Waals surface area contributed by atoms with E-state index in [1.165, 1.54) is 4.90 Å². The number of aryl methyl sites for hydroxylation is 2. The average Bonchev–Trinajstić information content (AvgIpc) is 3.37. The van der Waals surface area contributed by atoms with Crippen LogP contribution in [0.4, 0.5) is 0 Å². The van der Waals surface area contributed by atoms with Crippen LogP contribution in [0.5, 0.6) is 11.5 Å². The zero-order chi connectivity index (χ0) is 27.0. The molecule has 8 nitrogen and oxygen atoms in total. The van der Waals surface area contributed by atoms with E-state index in [4.69, 9.17) is 4.74 Å². The molecule has 1 N–H and O–H groups in total. The molecular formula is C30H30N4O4. The summed E-state index contributed by atoms with van der Waals surface area (Å²) in [6.07, 6.45) is 1.86. The second-order valence-electron chi connectivity index (χ2n) is 9.71. The summed E-state index contributed by atoms with van der Waals surface area (Å²) in [5.74, 6) is -0.427. The standard InChI is InChI=1S/C30H30N4O4/c1-19-10-9-15-33-20(2)25(31-29(19)33)27(35)24-26(34(17-16-32(3)4)30(37)28(24)36)21-11-8-14-23(18-21)38-22-12-6-5-7-13-22/h5-15,18,26,35H,16-17H2,1-4H3/b27-24+. The van der Waals surface area contributed by atoms with Crippen molar-refractivity contribution in [3.05, 3.63) is 101 Å². The lowest BCUT2D eigenvalue weighted by Crippen LogP contribution is -2.35. The number of Topliss-reactive ketones (excluding diaryl/α,β-unsaturated/α-hetero) is 1. The minimum Gasteiger partial charge on any atom is -0.505 e. The number of para-hydroxylation sites is 1. The number of likely N-dealkylation sites (N-methyl/N-ethyl adjacent to an activating group) is 1. The normalized spacial score (nSPS) is 17.1. The third-order valence-corrected chi connectivity index (χ3v) is 6.79. The van der Waals surface area contributed by atoms with Gasteiger partial charge in [-0.25, -0.2) is 4.98 Å². The van der Waals surface area contributed by atoms with Crippen LogP contribution in [-0.2, 0) is 9.59 Å². The van der Waals surface area contributed by atoms with Gasteiger partial charge in [0.25, 0.3) is 11.7 Å². The van der Waals surface area contributed by atoms with Gasteiger partial charge >= 0.3 is 0 Å². The highest BCUT2D eigenvalue weighted by Gasteiger charge is 2.46. The number of amides is 1. The lowest BCUT2D eigenvalue weighted by Gasteiger charge is -2.26. The van der Waals surface area contributed by atoms with Gasteiger partial charge in [0, 0.05) is 19.3 Å². The minimum absolute atomic E-state index is 0.0229. The van der Waals surface area contributed by atoms with Gasteiger partial charge in [-0.15, -0.1) is 0 Å². The first-order valence-corrected chi connectivity index (χ1v) is 12.5. The Morgan fingerprint density at radius 2 is 1.74 bits per heavy atom. The van der Waals surface area contributed by atoms with Gasteiger partial charge < -0.3 is 24.0 Å². The Bertz CT molecular complexity index is 1560. The quantitative estimate of drug-likeness (QED) is 0.220. The van der Waals surface area contributed by atoms with Gasteiger partial charge in [0.15, 0.2) is 5.76 Å². The highest BCUT2D eigenvalue weighted by molar-refractivity contribution is 6.46. The van der Waals surface area contributed by atoms with Crippen molar-refractivity contribution in [1.29, 1.82) is 0 Å². The van der Waals surface area contributed by atoms with Crippen LogP contribution in [0.25, 0.3) is 11.4 Å². The third-order valence-electron chi connectivity index (χ3n) is 6.79. The summed E-state index contributed by atoms with van der Waals surface area (Å²) in [7, 11) is 3.81. The Morgan fingerprint density at radius 3 is 2.45 bits per heavy atom. The van der Waals surface area contributed by atoms with E-state index in [2.05, 4.69) is 4.98 Å². The fourth-order valence-corrected chi connectivity index (χ4v) is 4.81. The van der Waals surface area contributed by atoms with Crippen molar-refractivity contribution in [3.8, 4) is 11.5 Å². The van der Waals surface area contributed by atoms with E-state index in [1.54, 1.807) is 6.07 Å². The fourth-order valence-electron chi connectivity index (χ4n) is 4.81. The van der Waals surface area contributed by atoms with Gasteiger partial charge in [-0.05, 0) is 69.4 Å². The number of benzene rings is 2. The van der Waals surface area contributed by atoms with E-state index >= 15 is 0 Å². The van der Waals surface area contributed by atoms with E-state index in [1.807, 2.05) is 104 Å². The molecule has 1 saturated heterocycles. The number of pyridine rings is 1. The number of likely N-dealkylation sites (tertiary alicyclic amines) is 1. The van der Waals surface area contributed by atoms with Crippen LogP contribution in [0, 0.1) is 13.8 Å². The molecule has 1 aliphatic rings. The highest BCUT2D eigenvalue weighted by Crippen LogP contribution is 2.41. The lowest BCUT2D eigenvalue weighted by atomic mass is 9.96. The Labute approximate surface area is 221 Å². The molecule has 3 heterocycles. The molecule has 2 aromatic carbocycles. The summed E-state index contributed by atoms with van der Waals surface area (Å²) in [6, 6.07) is 19.7. The average molecular weight is 511 g/mol. The summed E-state index contributed by atoms with van der Waals surface area (Å²) in [5.41, 5.74) is 3.27. The van der Waals surface area contributed by atoms with Crippen molar-refractivity contribution >= 4 is 23.1 Å². The van der Waals surface area contributed by atoms with Crippen molar-refractivity contribution in [3.63, 3.8) is 0 Å². The molecule has 1 aliphatic heterocycles. The van der Waals surface area contributed by atoms with Crippen molar-refractivity contribution in [2.45, 2.75) is 19.9 Å². The molecule has 1 amide bonds. The maximum atomic E-state index is 13.4. The number of ketones is 1. The van der Waals surface area contributed by atoms with Crippen molar-refractivity contribution in [1.82, 2.24) is 19.2 Å². The summed E-state index contributed by atoms with van der Waals surface area (Å²) in [6.45, 7) is 4.63. The van der Waals surface area contributed by atoms with Gasteiger partial charge in [-0.2, -0.15) is 0 Å². The Morgan fingerprint density at radius 1 is 1.00 bits per heavy atom. The summed E-state index contributed by atoms with van der Waals surface area (Å²) in [5, 5.41) is 11.6. The van der Waals surface area contributed by atoms with Gasteiger partial charge in [0.1, 0.15) is 22.8 Å². The monoisotopic (exact) mass is 510 g/mol. The molecule has 2 aromatic heterocycles. The number of fused-ring (bicyclic) bond motifs is 1. The number of carbonyl (C=O) groups is 2. The first-order valence-electron chi connectivity index (χ1n) is 12.5. The summed E-state index contributed by atoms with van der Waals surface area (Å²) < 4.78 is 7.90. The van der Waals surface area contributed by atoms with Crippen LogP contribution in [0.1, 0.15) is 28.6 Å². The number of nitrogens with zero attached hydrogens (tertiary/aromatic N) is 4. The zero-order valence-electron chi connectivity index (χ0n) is 21.9. The summed E-state index contributed by atoms with van der Waals surface area (Å²) >= 11 is 0. The van der Waals surface area contributed by atoms with Crippen molar-refractivity contribution in [2.75, 3.05) is 27.2 Å². The lowest BCUT2D eigenvalue weighted by molar-refractivity contribution is -0.140. The Kier molecular flexibility index (Phi) is 6.73. The number of ether oxygens (including phenoxy) is 1. The van der Waals surface area contributed by atoms with Crippen LogP contribution >= 0.6 is 0 Å². The van der Waals surface area contributed by atoms with Gasteiger partial charge in [0.05, 0.1) is 17.3 Å². The fraction of sp³-hybridized carbons (Fsp3) is 0.233. The molecule has 1 fully saturated rings. The molecule has 8 heteroatoms. The molecule has 0 saturated carbocycles. The SMILES string of the molecule is Cc1cccn2c(C)c(/C(O)=C3\C(=O)C(=O)N(CCN(C)C)C3c3cccc(Oc4ccccc4)c3)nc12. The van der Waals surface area contributed by atoms with Crippen LogP contribution < -0.4 is 4.74 Å². The molecule has 1 unspecified atom stereocenters. The number of rotatable bonds is 7. The minimum atomic E-state index is -0.792. The maximum Gasteiger partial charge on any atom is 0.295 e. The Balaban J connectivity index is 1.65. The second-order valence-corrected chi connectivity index (χ2v) is 9.71. The molecule has 1 atom stereocenters. The predicted molar refractivity (Wildman–Crippen MR) is 145 cm³/mol. The highest BCUT2D eigenvalue weighted by atomic mass is 16.5. The number of aliphatic hydroxyl groups excluding tert-OH is 1. The molecule has 38 heavy (non-hydrogen) atoms. The van der Waals surface area contributed by atoms with Crippen LogP contribution in [0.15, 0.2) is 78.5 Å². The van der Waals surface area contributed by atoms with Crippen LogP contribution in [-0.4, -0.2) is 63.2 Å². The molecular weight excluding hydrogens is 480 g/mol. The number of hydrogen-bond acceptors (Lipinski definition) is 6. The number of hydrogen-bond donors (Lipinski definition) is 1. The van der Waals surface area contributed by atoms with Gasteiger partial charge in [0.2, 0.25) is 0 Å². The largest absolute Gasteiger partial charge is 0.505 e. The molecule has 0 radical (unpaired) electrons. The van der Waals surface area contributed by atoms with E-state index < -0.39 is 17.7 Å². The number of aliphatic hydroxyl groups is 1. The van der Waals surface area contributed by atoms with E-state index in [-0.39, 0.29) is 17.0 Å². The Hall–Kier alpha value is -4.43.